The van der Waals surface area contributed by atoms with E-state index in [1.54, 1.807) is 0 Å². The summed E-state index contributed by atoms with van der Waals surface area (Å²) in [5, 5.41) is 2.68. The normalized spacial score (nSPS) is 10.5. The summed E-state index contributed by atoms with van der Waals surface area (Å²) in [5.41, 5.74) is 2.65. The van der Waals surface area contributed by atoms with Crippen molar-refractivity contribution >= 4 is 23.2 Å². The second-order valence-electron chi connectivity index (χ2n) is 5.24. The van der Waals surface area contributed by atoms with Crippen molar-refractivity contribution in [1.82, 2.24) is 9.97 Å². The molecule has 0 atom stereocenters. The van der Waals surface area contributed by atoms with Crippen LogP contribution in [0.3, 0.4) is 0 Å². The first-order valence-electron chi connectivity index (χ1n) is 7.18. The van der Waals surface area contributed by atoms with Gasteiger partial charge in [-0.25, -0.2) is 14.4 Å². The van der Waals surface area contributed by atoms with Gasteiger partial charge in [-0.1, -0.05) is 41.4 Å². The Hall–Kier alpha value is -2.79. The molecular formula is C18H13ClFN3O. The molecule has 3 aromatic rings. The van der Waals surface area contributed by atoms with Gasteiger partial charge in [-0.2, -0.15) is 0 Å². The Morgan fingerprint density at radius 1 is 1.08 bits per heavy atom. The first-order chi connectivity index (χ1) is 11.5. The number of amides is 1. The van der Waals surface area contributed by atoms with Crippen molar-refractivity contribution in [3.63, 3.8) is 0 Å². The predicted molar refractivity (Wildman–Crippen MR) is 91.6 cm³/mol. The number of benzene rings is 2. The lowest BCUT2D eigenvalue weighted by Crippen LogP contribution is -2.13. The number of hydrogen-bond acceptors (Lipinski definition) is 3. The third-order valence-electron chi connectivity index (χ3n) is 3.40. The Kier molecular flexibility index (Phi) is 4.53. The third-order valence-corrected chi connectivity index (χ3v) is 3.71. The van der Waals surface area contributed by atoms with Gasteiger partial charge in [0.25, 0.3) is 5.91 Å². The molecule has 0 saturated carbocycles. The Morgan fingerprint density at radius 3 is 2.38 bits per heavy atom. The molecule has 0 spiro atoms. The van der Waals surface area contributed by atoms with Gasteiger partial charge in [0.1, 0.15) is 5.82 Å². The number of nitrogens with zero attached hydrogens (tertiary/aromatic N) is 2. The number of halogens is 2. The van der Waals surface area contributed by atoms with E-state index in [0.29, 0.717) is 11.5 Å². The maximum absolute atomic E-state index is 13.0. The number of nitrogens with one attached hydrogen (secondary N) is 1. The maximum Gasteiger partial charge on any atom is 0.257 e. The first-order valence-corrected chi connectivity index (χ1v) is 7.56. The van der Waals surface area contributed by atoms with Gasteiger partial charge in [-0.3, -0.25) is 4.79 Å². The zero-order chi connectivity index (χ0) is 17.1. The fourth-order valence-corrected chi connectivity index (χ4v) is 2.37. The van der Waals surface area contributed by atoms with E-state index >= 15 is 0 Å². The zero-order valence-corrected chi connectivity index (χ0v) is 13.5. The minimum absolute atomic E-state index is 0.0460. The quantitative estimate of drug-likeness (QED) is 0.763. The highest BCUT2D eigenvalue weighted by Gasteiger charge is 2.12. The largest absolute Gasteiger partial charge is 0.319 e. The molecule has 24 heavy (non-hydrogen) atoms. The topological polar surface area (TPSA) is 54.9 Å². The lowest BCUT2D eigenvalue weighted by atomic mass is 10.1. The number of aromatic nitrogens is 2. The van der Waals surface area contributed by atoms with Crippen LogP contribution < -0.4 is 5.32 Å². The van der Waals surface area contributed by atoms with E-state index in [9.17, 15) is 9.18 Å². The van der Waals surface area contributed by atoms with Crippen molar-refractivity contribution in [3.8, 4) is 11.4 Å². The van der Waals surface area contributed by atoms with Crippen molar-refractivity contribution in [2.45, 2.75) is 6.92 Å². The van der Waals surface area contributed by atoms with Gasteiger partial charge in [0, 0.05) is 5.56 Å². The van der Waals surface area contributed by atoms with E-state index in [1.807, 2.05) is 31.2 Å². The van der Waals surface area contributed by atoms with Crippen LogP contribution in [-0.4, -0.2) is 15.9 Å². The highest BCUT2D eigenvalue weighted by molar-refractivity contribution is 6.34. The summed E-state index contributed by atoms with van der Waals surface area (Å²) >= 11 is 5.88. The molecule has 0 radical (unpaired) electrons. The monoisotopic (exact) mass is 341 g/mol. The Morgan fingerprint density at radius 2 is 1.75 bits per heavy atom. The number of carbonyl (C=O) groups excluding carboxylic acids is 1. The summed E-state index contributed by atoms with van der Waals surface area (Å²) in [6.07, 6.45) is 3.02. The minimum atomic E-state index is -0.498. The lowest BCUT2D eigenvalue weighted by molar-refractivity contribution is 0.102. The van der Waals surface area contributed by atoms with E-state index in [4.69, 9.17) is 11.6 Å². The molecule has 1 heterocycles. The molecule has 0 aliphatic carbocycles. The van der Waals surface area contributed by atoms with E-state index in [1.165, 1.54) is 24.5 Å². The van der Waals surface area contributed by atoms with Gasteiger partial charge in [0.2, 0.25) is 0 Å². The fourth-order valence-electron chi connectivity index (χ4n) is 2.12. The van der Waals surface area contributed by atoms with Crippen LogP contribution in [0.2, 0.25) is 5.02 Å². The van der Waals surface area contributed by atoms with Gasteiger partial charge in [0.05, 0.1) is 28.7 Å². The molecule has 120 valence electrons. The molecule has 0 saturated heterocycles. The molecule has 3 rings (SSSR count). The van der Waals surface area contributed by atoms with Crippen molar-refractivity contribution in [1.29, 1.82) is 0 Å². The van der Waals surface area contributed by atoms with E-state index in [0.717, 1.165) is 17.2 Å². The van der Waals surface area contributed by atoms with Gasteiger partial charge < -0.3 is 5.32 Å². The summed E-state index contributed by atoms with van der Waals surface area (Å²) in [5.74, 6) is -0.387. The Balaban J connectivity index is 1.76. The second kappa shape index (κ2) is 6.76. The average molecular weight is 342 g/mol. The summed E-state index contributed by atoms with van der Waals surface area (Å²) in [6.45, 7) is 2.00. The van der Waals surface area contributed by atoms with E-state index < -0.39 is 11.7 Å². The van der Waals surface area contributed by atoms with Gasteiger partial charge >= 0.3 is 0 Å². The Labute approximate surface area is 143 Å². The van der Waals surface area contributed by atoms with Crippen LogP contribution in [0.25, 0.3) is 11.4 Å². The van der Waals surface area contributed by atoms with Crippen LogP contribution in [0.15, 0.2) is 54.9 Å². The standard InChI is InChI=1S/C18H13ClFN3O/c1-11-2-4-12(5-3-11)17-21-9-14(10-22-17)23-18(24)15-7-6-13(20)8-16(15)19/h2-10H,1H3,(H,23,24). The van der Waals surface area contributed by atoms with Gasteiger partial charge in [-0.15, -0.1) is 0 Å². The number of carbonyl (C=O) groups is 1. The SMILES string of the molecule is Cc1ccc(-c2ncc(NC(=O)c3ccc(F)cc3Cl)cn2)cc1. The molecule has 6 heteroatoms. The summed E-state index contributed by atoms with van der Waals surface area (Å²) in [7, 11) is 0. The van der Waals surface area contributed by atoms with Crippen LogP contribution in [0, 0.1) is 12.7 Å². The van der Waals surface area contributed by atoms with Crippen molar-refractivity contribution in [2.24, 2.45) is 0 Å². The number of aryl methyl sites for hydroxylation is 1. The smallest absolute Gasteiger partial charge is 0.257 e. The molecule has 0 aliphatic heterocycles. The molecule has 2 aromatic carbocycles. The average Bonchev–Trinajstić information content (AvgIpc) is 2.56. The lowest BCUT2D eigenvalue weighted by Gasteiger charge is -2.07. The Bertz CT molecular complexity index is 880. The fraction of sp³-hybridized carbons (Fsp3) is 0.0556. The third kappa shape index (κ3) is 3.58. The van der Waals surface area contributed by atoms with Gasteiger partial charge in [0.15, 0.2) is 5.82 Å². The van der Waals surface area contributed by atoms with Crippen molar-refractivity contribution in [3.05, 3.63) is 76.8 Å². The van der Waals surface area contributed by atoms with Crippen LogP contribution >= 0.6 is 11.6 Å². The zero-order valence-electron chi connectivity index (χ0n) is 12.8. The van der Waals surface area contributed by atoms with E-state index in [2.05, 4.69) is 15.3 Å². The number of rotatable bonds is 3. The summed E-state index contributed by atoms with van der Waals surface area (Å²) in [4.78, 5) is 20.7. The molecular weight excluding hydrogens is 329 g/mol. The highest BCUT2D eigenvalue weighted by atomic mass is 35.5. The molecule has 4 nitrogen and oxygen atoms in total. The maximum atomic E-state index is 13.0. The van der Waals surface area contributed by atoms with Crippen molar-refractivity contribution < 1.29 is 9.18 Å². The number of hydrogen-bond donors (Lipinski definition) is 1. The van der Waals surface area contributed by atoms with Crippen LogP contribution in [0.5, 0.6) is 0 Å². The molecule has 0 unspecified atom stereocenters. The predicted octanol–water partition coefficient (Wildman–Crippen LogP) is 4.50. The van der Waals surface area contributed by atoms with Crippen molar-refractivity contribution in [2.75, 3.05) is 5.32 Å². The molecule has 1 amide bonds. The second-order valence-corrected chi connectivity index (χ2v) is 5.65. The van der Waals surface area contributed by atoms with Crippen LogP contribution in [0.4, 0.5) is 10.1 Å². The first kappa shape index (κ1) is 16.1. The van der Waals surface area contributed by atoms with Crippen LogP contribution in [-0.2, 0) is 0 Å². The number of anilines is 1. The molecule has 1 aromatic heterocycles. The molecule has 1 N–H and O–H groups in total. The molecule has 0 fully saturated rings. The minimum Gasteiger partial charge on any atom is -0.319 e. The van der Waals surface area contributed by atoms with Gasteiger partial charge in [-0.05, 0) is 25.1 Å². The van der Waals surface area contributed by atoms with Crippen LogP contribution in [0.1, 0.15) is 15.9 Å². The molecule has 0 bridgehead atoms. The highest BCUT2D eigenvalue weighted by Crippen LogP contribution is 2.20. The summed E-state index contributed by atoms with van der Waals surface area (Å²) < 4.78 is 13.0. The molecule has 0 aliphatic rings. The van der Waals surface area contributed by atoms with E-state index in [-0.39, 0.29) is 10.6 Å². The summed E-state index contributed by atoms with van der Waals surface area (Å²) in [6, 6.07) is 11.4.